The highest BCUT2D eigenvalue weighted by atomic mass is 16.5. The van der Waals surface area contributed by atoms with Crippen molar-refractivity contribution in [3.05, 3.63) is 0 Å². The molecule has 2 atom stereocenters. The molecule has 1 rings (SSSR count). The molecular weight excluding hydrogens is 264 g/mol. The van der Waals surface area contributed by atoms with Crippen LogP contribution in [0.3, 0.4) is 0 Å². The summed E-state index contributed by atoms with van der Waals surface area (Å²) >= 11 is 0. The molecule has 0 aromatic carbocycles. The number of carbonyl (C=O) groups is 3. The molecule has 1 fully saturated rings. The normalized spacial score (nSPS) is 22.2. The Morgan fingerprint density at radius 2 is 2.05 bits per heavy atom. The van der Waals surface area contributed by atoms with Crippen molar-refractivity contribution in [2.75, 3.05) is 26.7 Å². The largest absolute Gasteiger partial charge is 0.480 e. The number of esters is 1. The van der Waals surface area contributed by atoms with E-state index in [-0.39, 0.29) is 19.1 Å². The van der Waals surface area contributed by atoms with E-state index >= 15 is 0 Å². The van der Waals surface area contributed by atoms with Gasteiger partial charge >= 0.3 is 18.0 Å². The Labute approximate surface area is 118 Å². The molecule has 20 heavy (non-hydrogen) atoms. The summed E-state index contributed by atoms with van der Waals surface area (Å²) in [5, 5.41) is 9.27. The van der Waals surface area contributed by atoms with E-state index in [0.717, 1.165) is 12.8 Å². The fraction of sp³-hybridized carbons (Fsp3) is 0.769. The van der Waals surface area contributed by atoms with Gasteiger partial charge in [-0.1, -0.05) is 6.92 Å². The van der Waals surface area contributed by atoms with E-state index in [2.05, 4.69) is 0 Å². The molecule has 1 N–H and O–H groups in total. The average molecular weight is 286 g/mol. The monoisotopic (exact) mass is 286 g/mol. The molecule has 7 nitrogen and oxygen atoms in total. The molecule has 0 aliphatic carbocycles. The highest BCUT2D eigenvalue weighted by molar-refractivity contribution is 5.85. The smallest absolute Gasteiger partial charge is 0.326 e. The van der Waals surface area contributed by atoms with Crippen LogP contribution in [0.1, 0.15) is 26.7 Å². The summed E-state index contributed by atoms with van der Waals surface area (Å²) in [6, 6.07) is -1.28. The van der Waals surface area contributed by atoms with E-state index in [0.29, 0.717) is 6.54 Å². The van der Waals surface area contributed by atoms with Gasteiger partial charge in [0.2, 0.25) is 0 Å². The number of rotatable bonds is 4. The Balaban J connectivity index is 2.72. The number of carboxylic acids is 1. The Bertz CT molecular complexity index is 385. The lowest BCUT2D eigenvalue weighted by atomic mass is 9.91. The number of carboxylic acid groups (broad SMARTS) is 1. The third-order valence-corrected chi connectivity index (χ3v) is 3.43. The van der Waals surface area contributed by atoms with Crippen LogP contribution in [-0.2, 0) is 14.3 Å². The van der Waals surface area contributed by atoms with Gasteiger partial charge in [-0.05, 0) is 25.7 Å². The summed E-state index contributed by atoms with van der Waals surface area (Å²) in [5.41, 5.74) is 0. The van der Waals surface area contributed by atoms with Gasteiger partial charge in [0.15, 0.2) is 0 Å². The van der Waals surface area contributed by atoms with Crippen LogP contribution in [-0.4, -0.2) is 65.7 Å². The summed E-state index contributed by atoms with van der Waals surface area (Å²) in [5.74, 6) is -1.60. The van der Waals surface area contributed by atoms with E-state index in [1.165, 1.54) is 16.8 Å². The van der Waals surface area contributed by atoms with Gasteiger partial charge in [0.1, 0.15) is 12.6 Å². The molecule has 0 bridgehead atoms. The minimum atomic E-state index is -1.00. The molecule has 0 spiro atoms. The summed E-state index contributed by atoms with van der Waals surface area (Å²) in [4.78, 5) is 37.5. The summed E-state index contributed by atoms with van der Waals surface area (Å²) < 4.78 is 4.78. The van der Waals surface area contributed by atoms with Gasteiger partial charge < -0.3 is 19.6 Å². The zero-order chi connectivity index (χ0) is 15.3. The van der Waals surface area contributed by atoms with Gasteiger partial charge in [0.05, 0.1) is 6.61 Å². The number of likely N-dealkylation sites (tertiary alicyclic amines) is 1. The Kier molecular flexibility index (Phi) is 5.79. The molecule has 114 valence electrons. The minimum Gasteiger partial charge on any atom is -0.480 e. The van der Waals surface area contributed by atoms with Gasteiger partial charge in [0, 0.05) is 13.6 Å². The van der Waals surface area contributed by atoms with E-state index in [1.54, 1.807) is 6.92 Å². The van der Waals surface area contributed by atoms with Crippen LogP contribution in [0.4, 0.5) is 4.79 Å². The number of ether oxygens (including phenoxy) is 1. The Hall–Kier alpha value is -1.79. The van der Waals surface area contributed by atoms with Crippen LogP contribution in [0.25, 0.3) is 0 Å². The molecule has 0 radical (unpaired) electrons. The molecule has 7 heteroatoms. The lowest BCUT2D eigenvalue weighted by Gasteiger charge is -2.39. The van der Waals surface area contributed by atoms with Crippen molar-refractivity contribution in [3.8, 4) is 0 Å². The zero-order valence-corrected chi connectivity index (χ0v) is 12.2. The summed E-state index contributed by atoms with van der Waals surface area (Å²) in [6.07, 6.45) is 1.55. The quantitative estimate of drug-likeness (QED) is 0.772. The zero-order valence-electron chi connectivity index (χ0n) is 12.2. The van der Waals surface area contributed by atoms with Crippen LogP contribution in [0, 0.1) is 5.92 Å². The standard InChI is InChI=1S/C13H22N2O5/c1-4-20-10(16)8-14(3)13(19)15-7-5-6-9(2)11(15)12(17)18/h9,11H,4-8H2,1-3H3,(H,17,18). The molecule has 0 aromatic rings. The fourth-order valence-corrected chi connectivity index (χ4v) is 2.47. The SMILES string of the molecule is CCOC(=O)CN(C)C(=O)N1CCCC(C)C1C(=O)O. The maximum Gasteiger partial charge on any atom is 0.326 e. The molecule has 1 saturated heterocycles. The number of amides is 2. The van der Waals surface area contributed by atoms with Crippen LogP contribution < -0.4 is 0 Å². The van der Waals surface area contributed by atoms with Gasteiger partial charge in [-0.15, -0.1) is 0 Å². The first kappa shape index (κ1) is 16.3. The van der Waals surface area contributed by atoms with Gasteiger partial charge in [-0.25, -0.2) is 9.59 Å². The van der Waals surface area contributed by atoms with Crippen molar-refractivity contribution >= 4 is 18.0 Å². The van der Waals surface area contributed by atoms with Gasteiger partial charge in [0.25, 0.3) is 0 Å². The summed E-state index contributed by atoms with van der Waals surface area (Å²) in [7, 11) is 1.47. The Morgan fingerprint density at radius 3 is 2.60 bits per heavy atom. The number of carbonyl (C=O) groups excluding carboxylic acids is 2. The van der Waals surface area contributed by atoms with Crippen LogP contribution in [0.2, 0.25) is 0 Å². The highest BCUT2D eigenvalue weighted by Crippen LogP contribution is 2.24. The maximum atomic E-state index is 12.3. The number of urea groups is 1. The van der Waals surface area contributed by atoms with Crippen molar-refractivity contribution < 1.29 is 24.2 Å². The lowest BCUT2D eigenvalue weighted by molar-refractivity contribution is -0.145. The molecule has 1 aliphatic rings. The molecule has 2 amide bonds. The summed E-state index contributed by atoms with van der Waals surface area (Å²) in [6.45, 7) is 3.98. The number of hydrogen-bond acceptors (Lipinski definition) is 4. The Morgan fingerprint density at radius 1 is 1.40 bits per heavy atom. The molecule has 0 saturated carbocycles. The average Bonchev–Trinajstić information content (AvgIpc) is 2.37. The minimum absolute atomic E-state index is 0.0961. The second-order valence-corrected chi connectivity index (χ2v) is 5.04. The number of aliphatic carboxylic acids is 1. The first-order valence-corrected chi connectivity index (χ1v) is 6.78. The van der Waals surface area contributed by atoms with Crippen molar-refractivity contribution in [3.63, 3.8) is 0 Å². The topological polar surface area (TPSA) is 87.2 Å². The molecule has 1 aliphatic heterocycles. The predicted octanol–water partition coefficient (Wildman–Crippen LogP) is 0.786. The van der Waals surface area contributed by atoms with Crippen molar-refractivity contribution in [1.82, 2.24) is 9.80 Å². The predicted molar refractivity (Wildman–Crippen MR) is 71.2 cm³/mol. The first-order valence-electron chi connectivity index (χ1n) is 6.78. The molecule has 2 unspecified atom stereocenters. The van der Waals surface area contributed by atoms with E-state index in [9.17, 15) is 19.5 Å². The van der Waals surface area contributed by atoms with Crippen molar-refractivity contribution in [2.24, 2.45) is 5.92 Å². The van der Waals surface area contributed by atoms with Gasteiger partial charge in [-0.3, -0.25) is 4.79 Å². The van der Waals surface area contributed by atoms with E-state index in [4.69, 9.17) is 4.74 Å². The van der Waals surface area contributed by atoms with Gasteiger partial charge in [-0.2, -0.15) is 0 Å². The van der Waals surface area contributed by atoms with Crippen molar-refractivity contribution in [2.45, 2.75) is 32.7 Å². The van der Waals surface area contributed by atoms with Crippen LogP contribution >= 0.6 is 0 Å². The number of hydrogen-bond donors (Lipinski definition) is 1. The van der Waals surface area contributed by atoms with Crippen LogP contribution in [0.5, 0.6) is 0 Å². The second kappa shape index (κ2) is 7.12. The fourth-order valence-electron chi connectivity index (χ4n) is 2.47. The number of piperidine rings is 1. The van der Waals surface area contributed by atoms with Crippen molar-refractivity contribution in [1.29, 1.82) is 0 Å². The molecular formula is C13H22N2O5. The second-order valence-electron chi connectivity index (χ2n) is 5.04. The third-order valence-electron chi connectivity index (χ3n) is 3.43. The van der Waals surface area contributed by atoms with E-state index < -0.39 is 24.0 Å². The van der Waals surface area contributed by atoms with Crippen LogP contribution in [0.15, 0.2) is 0 Å². The van der Waals surface area contributed by atoms with E-state index in [1.807, 2.05) is 6.92 Å². The highest BCUT2D eigenvalue weighted by Gasteiger charge is 2.38. The molecule has 0 aromatic heterocycles. The number of nitrogens with zero attached hydrogens (tertiary/aromatic N) is 2. The number of likely N-dealkylation sites (N-methyl/N-ethyl adjacent to an activating group) is 1. The third kappa shape index (κ3) is 3.85. The lowest BCUT2D eigenvalue weighted by Crippen LogP contribution is -2.55. The molecule has 1 heterocycles. The maximum absolute atomic E-state index is 12.3. The first-order chi connectivity index (χ1) is 9.38.